The Morgan fingerprint density at radius 3 is 1.46 bits per heavy atom. The number of rotatable bonds is 3. The largest absolute Gasteiger partial charge is 0.424 e. The van der Waals surface area contributed by atoms with Crippen LogP contribution in [-0.2, 0) is 9.59 Å². The summed E-state index contributed by atoms with van der Waals surface area (Å²) < 4.78 is 13.1. The van der Waals surface area contributed by atoms with Gasteiger partial charge in [0, 0.05) is 34.0 Å². The first-order valence-corrected chi connectivity index (χ1v) is 9.58. The van der Waals surface area contributed by atoms with Gasteiger partial charge in [0.15, 0.2) is 11.5 Å². The summed E-state index contributed by atoms with van der Waals surface area (Å²) in [5, 5.41) is 1.74. The van der Waals surface area contributed by atoms with Crippen molar-refractivity contribution in [1.82, 2.24) is 0 Å². The molecule has 2 heterocycles. The van der Waals surface area contributed by atoms with E-state index in [1.54, 1.807) is 0 Å². The molecule has 0 spiro atoms. The molecule has 2 aromatic carbocycles. The second-order valence-electron chi connectivity index (χ2n) is 5.70. The molecule has 0 aliphatic rings. The SMILES string of the molecule is CC(=O)Oc1c(-c2sc3ccccc3c2OC(C)=O)sc2ccccc12. The highest BCUT2D eigenvalue weighted by Gasteiger charge is 2.24. The quantitative estimate of drug-likeness (QED) is 0.431. The lowest BCUT2D eigenvalue weighted by molar-refractivity contribution is -0.132. The number of esters is 2. The van der Waals surface area contributed by atoms with Gasteiger partial charge < -0.3 is 9.47 Å². The molecule has 0 atom stereocenters. The zero-order valence-electron chi connectivity index (χ0n) is 14.1. The molecular weight excluding hydrogens is 368 g/mol. The summed E-state index contributed by atoms with van der Waals surface area (Å²) in [6.45, 7) is 2.77. The fourth-order valence-corrected chi connectivity index (χ4v) is 5.22. The van der Waals surface area contributed by atoms with Crippen LogP contribution >= 0.6 is 22.7 Å². The molecule has 4 aromatic rings. The van der Waals surface area contributed by atoms with Crippen molar-refractivity contribution in [3.8, 4) is 21.3 Å². The summed E-state index contributed by atoms with van der Waals surface area (Å²) in [6.07, 6.45) is 0. The molecule has 0 N–H and O–H groups in total. The molecule has 0 aliphatic heterocycles. The molecule has 0 saturated heterocycles. The third-order valence-corrected chi connectivity index (χ3v) is 6.27. The van der Waals surface area contributed by atoms with Crippen molar-refractivity contribution in [2.75, 3.05) is 0 Å². The van der Waals surface area contributed by atoms with E-state index in [2.05, 4.69) is 0 Å². The first-order chi connectivity index (χ1) is 12.5. The van der Waals surface area contributed by atoms with Gasteiger partial charge in [-0.2, -0.15) is 0 Å². The predicted molar refractivity (Wildman–Crippen MR) is 105 cm³/mol. The minimum absolute atomic E-state index is 0.384. The zero-order chi connectivity index (χ0) is 18.3. The maximum absolute atomic E-state index is 11.7. The molecule has 0 radical (unpaired) electrons. The number of ether oxygens (including phenoxy) is 2. The van der Waals surface area contributed by atoms with Crippen molar-refractivity contribution in [2.45, 2.75) is 13.8 Å². The lowest BCUT2D eigenvalue weighted by Gasteiger charge is -2.06. The van der Waals surface area contributed by atoms with Gasteiger partial charge in [0.05, 0.1) is 9.75 Å². The second-order valence-corrected chi connectivity index (χ2v) is 7.80. The van der Waals surface area contributed by atoms with Crippen molar-refractivity contribution < 1.29 is 19.1 Å². The highest BCUT2D eigenvalue weighted by molar-refractivity contribution is 7.29. The summed E-state index contributed by atoms with van der Waals surface area (Å²) in [6, 6.07) is 15.5. The maximum Gasteiger partial charge on any atom is 0.308 e. The van der Waals surface area contributed by atoms with Crippen molar-refractivity contribution in [2.24, 2.45) is 0 Å². The van der Waals surface area contributed by atoms with Gasteiger partial charge in [-0.1, -0.05) is 24.3 Å². The summed E-state index contributed by atoms with van der Waals surface area (Å²) in [5.74, 6) is 0.256. The number of carbonyl (C=O) groups is 2. The van der Waals surface area contributed by atoms with Crippen LogP contribution in [0.2, 0.25) is 0 Å². The van der Waals surface area contributed by atoms with Crippen LogP contribution in [0.4, 0.5) is 0 Å². The third kappa shape index (κ3) is 2.87. The molecule has 2 aromatic heterocycles. The molecule has 0 bridgehead atoms. The smallest absolute Gasteiger partial charge is 0.308 e. The number of hydrogen-bond acceptors (Lipinski definition) is 6. The summed E-state index contributed by atoms with van der Waals surface area (Å²) in [7, 11) is 0. The Bertz CT molecular complexity index is 1060. The van der Waals surface area contributed by atoms with E-state index in [4.69, 9.17) is 9.47 Å². The average molecular weight is 382 g/mol. The normalized spacial score (nSPS) is 11.0. The number of carbonyl (C=O) groups excluding carboxylic acids is 2. The molecule has 0 aliphatic carbocycles. The fourth-order valence-electron chi connectivity index (χ4n) is 2.83. The average Bonchev–Trinajstić information content (AvgIpc) is 3.13. The van der Waals surface area contributed by atoms with Gasteiger partial charge in [-0.3, -0.25) is 9.59 Å². The van der Waals surface area contributed by atoms with Gasteiger partial charge >= 0.3 is 11.9 Å². The van der Waals surface area contributed by atoms with E-state index in [-0.39, 0.29) is 11.9 Å². The van der Waals surface area contributed by atoms with Crippen LogP contribution < -0.4 is 9.47 Å². The number of hydrogen-bond donors (Lipinski definition) is 0. The fraction of sp³-hybridized carbons (Fsp3) is 0.100. The molecule has 4 nitrogen and oxygen atoms in total. The molecule has 6 heteroatoms. The third-order valence-electron chi connectivity index (χ3n) is 3.80. The van der Waals surface area contributed by atoms with Gasteiger partial charge in [0.2, 0.25) is 0 Å². The van der Waals surface area contributed by atoms with Gasteiger partial charge in [0.25, 0.3) is 0 Å². The molecule has 0 fully saturated rings. The Labute approximate surface area is 157 Å². The van der Waals surface area contributed by atoms with Gasteiger partial charge in [0.1, 0.15) is 0 Å². The molecule has 0 unspecified atom stereocenters. The van der Waals surface area contributed by atoms with E-state index in [0.29, 0.717) is 11.5 Å². The van der Waals surface area contributed by atoms with Gasteiger partial charge in [-0.15, -0.1) is 22.7 Å². The summed E-state index contributed by atoms with van der Waals surface area (Å²) >= 11 is 3.03. The monoisotopic (exact) mass is 382 g/mol. The minimum Gasteiger partial charge on any atom is -0.424 e. The first-order valence-electron chi connectivity index (χ1n) is 7.95. The van der Waals surface area contributed by atoms with E-state index >= 15 is 0 Å². The van der Waals surface area contributed by atoms with Crippen molar-refractivity contribution >= 4 is 54.8 Å². The van der Waals surface area contributed by atoms with Gasteiger partial charge in [-0.25, -0.2) is 0 Å². The highest BCUT2D eigenvalue weighted by atomic mass is 32.1. The molecule has 4 rings (SSSR count). The Morgan fingerprint density at radius 2 is 1.08 bits per heavy atom. The van der Waals surface area contributed by atoms with Gasteiger partial charge in [-0.05, 0) is 24.3 Å². The van der Waals surface area contributed by atoms with E-state index in [9.17, 15) is 9.59 Å². The molecule has 130 valence electrons. The van der Waals surface area contributed by atoms with Crippen molar-refractivity contribution in [3.63, 3.8) is 0 Å². The van der Waals surface area contributed by atoms with Crippen LogP contribution in [0, 0.1) is 0 Å². The lowest BCUT2D eigenvalue weighted by Crippen LogP contribution is -2.03. The minimum atomic E-state index is -0.384. The number of thiophene rings is 2. The highest BCUT2D eigenvalue weighted by Crippen LogP contribution is 2.52. The Kier molecular flexibility index (Phi) is 4.22. The topological polar surface area (TPSA) is 52.6 Å². The molecule has 0 saturated carbocycles. The lowest BCUT2D eigenvalue weighted by atomic mass is 10.2. The molecular formula is C20H14O4S2. The van der Waals surface area contributed by atoms with E-state index in [1.165, 1.54) is 36.5 Å². The van der Waals surface area contributed by atoms with E-state index in [0.717, 1.165) is 29.9 Å². The van der Waals surface area contributed by atoms with Crippen LogP contribution in [-0.4, -0.2) is 11.9 Å². The zero-order valence-corrected chi connectivity index (χ0v) is 15.7. The number of benzene rings is 2. The second kappa shape index (κ2) is 6.55. The van der Waals surface area contributed by atoms with Crippen molar-refractivity contribution in [1.29, 1.82) is 0 Å². The summed E-state index contributed by atoms with van der Waals surface area (Å²) in [5.41, 5.74) is 0. The van der Waals surface area contributed by atoms with Crippen LogP contribution in [0.5, 0.6) is 11.5 Å². The van der Waals surface area contributed by atoms with Crippen molar-refractivity contribution in [3.05, 3.63) is 48.5 Å². The Morgan fingerprint density at radius 1 is 0.692 bits per heavy atom. The maximum atomic E-state index is 11.7. The predicted octanol–water partition coefficient (Wildman–Crippen LogP) is 5.63. The van der Waals surface area contributed by atoms with Crippen LogP contribution in [0.3, 0.4) is 0 Å². The number of fused-ring (bicyclic) bond motifs is 2. The standard InChI is InChI=1S/C20H14O4S2/c1-11(21)23-17-13-7-3-5-9-15(13)25-19(17)20-18(24-12(2)22)14-8-4-6-10-16(14)26-20/h3-10H,1-2H3. The molecule has 26 heavy (non-hydrogen) atoms. The Hall–Kier alpha value is -2.70. The summed E-state index contributed by atoms with van der Waals surface area (Å²) in [4.78, 5) is 24.9. The first kappa shape index (κ1) is 16.8. The van der Waals surface area contributed by atoms with Crippen LogP contribution in [0.15, 0.2) is 48.5 Å². The molecule has 0 amide bonds. The van der Waals surface area contributed by atoms with E-state index in [1.807, 2.05) is 48.5 Å². The Balaban J connectivity index is 2.03. The van der Waals surface area contributed by atoms with Crippen LogP contribution in [0.25, 0.3) is 29.9 Å². The van der Waals surface area contributed by atoms with E-state index < -0.39 is 0 Å². The van der Waals surface area contributed by atoms with Crippen LogP contribution in [0.1, 0.15) is 13.8 Å².